The van der Waals surface area contributed by atoms with Crippen LogP contribution in [0.3, 0.4) is 0 Å². The Morgan fingerprint density at radius 1 is 1.64 bits per heavy atom. The number of alkyl halides is 2. The molecule has 6 heteroatoms. The van der Waals surface area contributed by atoms with Gasteiger partial charge in [-0.25, -0.2) is 18.6 Å². The average molecular weight is 313 g/mol. The molecule has 1 rings (SSSR count). The van der Waals surface area contributed by atoms with Crippen molar-refractivity contribution >= 4 is 28.6 Å². The van der Waals surface area contributed by atoms with Gasteiger partial charge in [0.1, 0.15) is 3.70 Å². The van der Waals surface area contributed by atoms with Gasteiger partial charge in [-0.2, -0.15) is 0 Å². The van der Waals surface area contributed by atoms with Crippen LogP contribution in [0.2, 0.25) is 0 Å². The third-order valence-electron chi connectivity index (χ3n) is 1.66. The Kier molecular flexibility index (Phi) is 3.35. The second kappa shape index (κ2) is 4.16. The summed E-state index contributed by atoms with van der Waals surface area (Å²) >= 11 is 1.66. The van der Waals surface area contributed by atoms with Crippen LogP contribution in [0, 0.1) is 10.6 Å². The molecule has 0 aromatic carbocycles. The van der Waals surface area contributed by atoms with Crippen molar-refractivity contribution in [1.82, 2.24) is 4.98 Å². The number of carbonyl (C=O) groups is 1. The largest absolute Gasteiger partial charge is 0.478 e. The molecule has 0 aliphatic carbocycles. The first kappa shape index (κ1) is 11.3. The standard InChI is InChI=1S/C8H6F2INO2/c1-3-4(8(13)14)2-5(6(9)10)7(11)12-3/h2,6H,1H3,(H,13,14). The molecule has 0 atom stereocenters. The van der Waals surface area contributed by atoms with Gasteiger partial charge in [0, 0.05) is 0 Å². The molecule has 1 aromatic rings. The van der Waals surface area contributed by atoms with Crippen LogP contribution >= 0.6 is 22.6 Å². The average Bonchev–Trinajstić information content (AvgIpc) is 2.02. The molecule has 0 saturated carbocycles. The fourth-order valence-corrected chi connectivity index (χ4v) is 1.71. The molecular weight excluding hydrogens is 307 g/mol. The number of hydrogen-bond donors (Lipinski definition) is 1. The minimum Gasteiger partial charge on any atom is -0.478 e. The summed E-state index contributed by atoms with van der Waals surface area (Å²) in [5.74, 6) is -1.24. The lowest BCUT2D eigenvalue weighted by molar-refractivity contribution is 0.0695. The second-order valence-electron chi connectivity index (χ2n) is 2.61. The molecule has 0 aliphatic rings. The third kappa shape index (κ3) is 2.17. The van der Waals surface area contributed by atoms with Gasteiger partial charge in [-0.3, -0.25) is 0 Å². The van der Waals surface area contributed by atoms with Crippen molar-refractivity contribution in [2.75, 3.05) is 0 Å². The molecular formula is C8H6F2INO2. The van der Waals surface area contributed by atoms with Crippen LogP contribution in [0.15, 0.2) is 6.07 Å². The molecule has 0 saturated heterocycles. The highest BCUT2D eigenvalue weighted by atomic mass is 127. The van der Waals surface area contributed by atoms with Crippen molar-refractivity contribution in [1.29, 1.82) is 0 Å². The topological polar surface area (TPSA) is 50.2 Å². The number of halogens is 3. The summed E-state index contributed by atoms with van der Waals surface area (Å²) in [5.41, 5.74) is -0.277. The fraction of sp³-hybridized carbons (Fsp3) is 0.250. The summed E-state index contributed by atoms with van der Waals surface area (Å²) in [6.45, 7) is 1.47. The van der Waals surface area contributed by atoms with E-state index in [0.717, 1.165) is 6.07 Å². The Bertz CT molecular complexity index is 382. The van der Waals surface area contributed by atoms with E-state index in [0.29, 0.717) is 0 Å². The van der Waals surface area contributed by atoms with Crippen molar-refractivity contribution in [3.63, 3.8) is 0 Å². The van der Waals surface area contributed by atoms with E-state index >= 15 is 0 Å². The lowest BCUT2D eigenvalue weighted by atomic mass is 10.1. The van der Waals surface area contributed by atoms with Crippen LogP contribution in [0.1, 0.15) is 28.0 Å². The highest BCUT2D eigenvalue weighted by Gasteiger charge is 2.18. The van der Waals surface area contributed by atoms with Gasteiger partial charge in [-0.15, -0.1) is 0 Å². The maximum atomic E-state index is 12.4. The Labute approximate surface area is 92.3 Å². The maximum absolute atomic E-state index is 12.4. The smallest absolute Gasteiger partial charge is 0.337 e. The molecule has 0 radical (unpaired) electrons. The summed E-state index contributed by atoms with van der Waals surface area (Å²) < 4.78 is 24.9. The molecule has 0 unspecified atom stereocenters. The van der Waals surface area contributed by atoms with Crippen molar-refractivity contribution < 1.29 is 18.7 Å². The zero-order chi connectivity index (χ0) is 10.9. The summed E-state index contributed by atoms with van der Waals surface area (Å²) in [4.78, 5) is 14.4. The van der Waals surface area contributed by atoms with E-state index < -0.39 is 12.4 Å². The van der Waals surface area contributed by atoms with Crippen LogP contribution in [0.5, 0.6) is 0 Å². The van der Waals surface area contributed by atoms with E-state index in [9.17, 15) is 13.6 Å². The minimum absolute atomic E-state index is 0.139. The van der Waals surface area contributed by atoms with Gasteiger partial charge in [0.15, 0.2) is 0 Å². The zero-order valence-corrected chi connectivity index (χ0v) is 9.25. The summed E-state index contributed by atoms with van der Waals surface area (Å²) in [6.07, 6.45) is -2.70. The molecule has 76 valence electrons. The quantitative estimate of drug-likeness (QED) is 0.674. The van der Waals surface area contributed by atoms with Gasteiger partial charge in [0.05, 0.1) is 16.8 Å². The van der Waals surface area contributed by atoms with Crippen molar-refractivity contribution in [3.8, 4) is 0 Å². The number of carboxylic acids is 1. The molecule has 1 aromatic heterocycles. The Morgan fingerprint density at radius 2 is 2.21 bits per heavy atom. The number of aromatic nitrogens is 1. The molecule has 14 heavy (non-hydrogen) atoms. The van der Waals surface area contributed by atoms with Gasteiger partial charge >= 0.3 is 5.97 Å². The van der Waals surface area contributed by atoms with Gasteiger partial charge in [-0.1, -0.05) is 0 Å². The van der Waals surface area contributed by atoms with E-state index in [1.165, 1.54) is 6.92 Å². The highest BCUT2D eigenvalue weighted by molar-refractivity contribution is 14.1. The number of aromatic carboxylic acids is 1. The van der Waals surface area contributed by atoms with Gasteiger partial charge in [0.2, 0.25) is 0 Å². The fourth-order valence-electron chi connectivity index (χ4n) is 0.961. The molecule has 0 fully saturated rings. The minimum atomic E-state index is -2.70. The van der Waals surface area contributed by atoms with Gasteiger partial charge in [0.25, 0.3) is 6.43 Å². The Morgan fingerprint density at radius 3 is 2.64 bits per heavy atom. The normalized spacial score (nSPS) is 10.6. The monoisotopic (exact) mass is 313 g/mol. The van der Waals surface area contributed by atoms with E-state index in [1.807, 2.05) is 0 Å². The zero-order valence-electron chi connectivity index (χ0n) is 7.09. The van der Waals surface area contributed by atoms with Crippen molar-refractivity contribution in [3.05, 3.63) is 26.6 Å². The molecule has 0 aliphatic heterocycles. The maximum Gasteiger partial charge on any atom is 0.337 e. The Hall–Kier alpha value is -0.790. The molecule has 3 nitrogen and oxygen atoms in total. The summed E-state index contributed by atoms with van der Waals surface area (Å²) in [6, 6.07) is 0.969. The SMILES string of the molecule is Cc1nc(I)c(C(F)F)cc1C(=O)O. The predicted molar refractivity (Wildman–Crippen MR) is 53.6 cm³/mol. The Balaban J connectivity index is 3.34. The van der Waals surface area contributed by atoms with Gasteiger partial charge in [-0.05, 0) is 35.6 Å². The van der Waals surface area contributed by atoms with E-state index in [2.05, 4.69) is 4.98 Å². The number of aryl methyl sites for hydroxylation is 1. The molecule has 0 spiro atoms. The lowest BCUT2D eigenvalue weighted by Gasteiger charge is -2.06. The van der Waals surface area contributed by atoms with Crippen molar-refractivity contribution in [2.45, 2.75) is 13.3 Å². The number of rotatable bonds is 2. The number of pyridine rings is 1. The number of nitrogens with zero attached hydrogens (tertiary/aromatic N) is 1. The first-order valence-corrected chi connectivity index (χ1v) is 4.70. The molecule has 0 amide bonds. The van der Waals surface area contributed by atoms with E-state index in [1.54, 1.807) is 22.6 Å². The summed E-state index contributed by atoms with van der Waals surface area (Å²) in [5, 5.41) is 8.68. The van der Waals surface area contributed by atoms with E-state index in [4.69, 9.17) is 5.11 Å². The molecule has 1 heterocycles. The highest BCUT2D eigenvalue weighted by Crippen LogP contribution is 2.25. The third-order valence-corrected chi connectivity index (χ3v) is 2.52. The summed E-state index contributed by atoms with van der Waals surface area (Å²) in [7, 11) is 0. The lowest BCUT2D eigenvalue weighted by Crippen LogP contribution is -2.06. The molecule has 0 bridgehead atoms. The first-order chi connectivity index (χ1) is 6.43. The van der Waals surface area contributed by atoms with Crippen LogP contribution in [0.4, 0.5) is 8.78 Å². The van der Waals surface area contributed by atoms with Crippen LogP contribution in [-0.4, -0.2) is 16.1 Å². The molecule has 1 N–H and O–H groups in total. The second-order valence-corrected chi connectivity index (χ2v) is 3.63. The van der Waals surface area contributed by atoms with Crippen molar-refractivity contribution in [2.24, 2.45) is 0 Å². The van der Waals surface area contributed by atoms with E-state index in [-0.39, 0.29) is 20.5 Å². The predicted octanol–water partition coefficient (Wildman–Crippen LogP) is 2.63. The number of carboxylic acid groups (broad SMARTS) is 1. The van der Waals surface area contributed by atoms with Gasteiger partial charge < -0.3 is 5.11 Å². The van der Waals surface area contributed by atoms with Crippen LogP contribution in [0.25, 0.3) is 0 Å². The van der Waals surface area contributed by atoms with Crippen LogP contribution < -0.4 is 0 Å². The first-order valence-electron chi connectivity index (χ1n) is 3.62. The van der Waals surface area contributed by atoms with Crippen LogP contribution in [-0.2, 0) is 0 Å². The number of hydrogen-bond acceptors (Lipinski definition) is 2.